The molecular formula is C26H28B61Cl2N7O8+. The highest BCUT2D eigenvalue weighted by atomic mass is 35.5. The van der Waals surface area contributed by atoms with Crippen molar-refractivity contribution < 1.29 is 43.6 Å². The first-order valence-electron chi connectivity index (χ1n) is 32.3. The lowest BCUT2D eigenvalue weighted by molar-refractivity contribution is -0.903. The van der Waals surface area contributed by atoms with E-state index in [2.05, 4.69) is 39.6 Å². The smallest absolute Gasteiger partial charge is 0.412 e. The Morgan fingerprint density at radius 2 is 0.962 bits per heavy atom. The van der Waals surface area contributed by atoms with E-state index in [4.69, 9.17) is 283 Å². The lowest BCUT2D eigenvalue weighted by Crippen LogP contribution is -2.97. The summed E-state index contributed by atoms with van der Waals surface area (Å²) in [6.07, 6.45) is -34.2. The van der Waals surface area contributed by atoms with E-state index < -0.39 is 197 Å². The first kappa shape index (κ1) is 99.0. The van der Waals surface area contributed by atoms with Crippen LogP contribution in [0, 0.1) is 0 Å². The van der Waals surface area contributed by atoms with Crippen LogP contribution in [0.1, 0.15) is 5.69 Å². The minimum absolute atomic E-state index is 0.134. The lowest BCUT2D eigenvalue weighted by Gasteiger charge is -2.59. The monoisotopic (exact) mass is 1310 g/mol. The molecule has 1 amide bonds. The molecular weight excluding hydrogens is 1270 g/mol. The third-order valence-corrected chi connectivity index (χ3v) is 18.5. The van der Waals surface area contributed by atoms with Gasteiger partial charge in [0.1, 0.15) is 23.3 Å². The normalized spacial score (nSPS) is 10.4. The van der Waals surface area contributed by atoms with Gasteiger partial charge in [0, 0.05) is 455 Å². The second kappa shape index (κ2) is 48.8. The highest BCUT2D eigenvalue weighted by Gasteiger charge is 2.63. The first-order valence-corrected chi connectivity index (χ1v) is 33.0. The number of nitrogens with one attached hydrogen (secondary N) is 2. The number of amides is 1. The number of esters is 1. The number of rotatable bonds is 35. The summed E-state index contributed by atoms with van der Waals surface area (Å²) in [6.45, 7) is 1.80. The predicted molar refractivity (Wildman–Crippen MR) is 504 cm³/mol. The fraction of sp³-hybridized carbons (Fsp3) is 0.231. The number of anilines is 2. The number of fused-ring (bicyclic) bond motifs is 1. The van der Waals surface area contributed by atoms with Gasteiger partial charge in [-0.3, -0.25) is 10.5 Å². The van der Waals surface area contributed by atoms with Crippen molar-refractivity contribution in [1.82, 2.24) is 19.9 Å². The molecule has 4 aromatic heterocycles. The summed E-state index contributed by atoms with van der Waals surface area (Å²) in [7, 11) is 208. The molecule has 0 fully saturated rings. The van der Waals surface area contributed by atoms with E-state index in [0.29, 0.717) is 40.4 Å². The van der Waals surface area contributed by atoms with Gasteiger partial charge in [0.05, 0.1) is 57.4 Å². The Hall–Kier alpha value is -1.06. The van der Waals surface area contributed by atoms with Crippen molar-refractivity contribution in [3.63, 3.8) is 0 Å². The largest absolute Gasteiger partial charge is 0.506 e. The molecule has 104 heavy (non-hydrogen) atoms. The molecule has 63 radical (unpaired) electrons. The first-order chi connectivity index (χ1) is 48.4. The van der Waals surface area contributed by atoms with Gasteiger partial charge in [0.2, 0.25) is 0 Å². The number of aromatic hydroxyl groups is 1. The van der Waals surface area contributed by atoms with E-state index in [1.807, 2.05) is 0 Å². The summed E-state index contributed by atoms with van der Waals surface area (Å²) in [5, 5.41) is 20.8. The molecule has 5 rings (SSSR count). The van der Waals surface area contributed by atoms with E-state index >= 15 is 0 Å². The number of pyridine rings is 3. The van der Waals surface area contributed by atoms with E-state index in [1.165, 1.54) is 50.9 Å². The maximum Gasteiger partial charge on any atom is 0.412 e. The number of aromatic nitrogens is 5. The Morgan fingerprint density at radius 1 is 0.558 bits per heavy atom. The summed E-state index contributed by atoms with van der Waals surface area (Å²) < 4.78 is 20.2. The maximum atomic E-state index is 11.3. The molecule has 4 N–H and O–H groups in total. The highest BCUT2D eigenvalue weighted by molar-refractivity contribution is 8.38. The molecule has 1 aliphatic heterocycles. The van der Waals surface area contributed by atoms with Crippen LogP contribution >= 0.6 is 23.2 Å². The Labute approximate surface area is 682 Å². The molecule has 5 heterocycles. The van der Waals surface area contributed by atoms with Gasteiger partial charge in [-0.25, -0.2) is 24.5 Å². The summed E-state index contributed by atoms with van der Waals surface area (Å²) in [6, 6.07) is 7.74. The van der Waals surface area contributed by atoms with Crippen molar-refractivity contribution in [3.05, 3.63) is 77.4 Å². The molecule has 78 heteroatoms. The third-order valence-electron chi connectivity index (χ3n) is 18.0. The standard InChI is InChI=1S/C13H15N5O3.C8H9ClNO4.C5H4ClNO.B61/c1-20-13(19)17-12-4-10-11(6-15-12)21-3-2-18(10)7-9-5-14-8-16-9;1-13-8(11)5-14-6-2-3-7(9)10(12)4-6;6-5-2-1-4(8)3-7-5;1-32-48(33(2)3)56(49(34(4)5)35(6)7)60(57(50(36(8)9)37(10)11)51(38(12)13)39(14)15)61(58(52(40(16)17)41(18)19)53(42(20)21)43(22)23)59(54(44(24)25)45(26)27)55(46(28)29)47(30)31/h4-6,8H,2-3,7H2,1H3,(H,14,16)(H,15,17,19);2-4,12H,5H2,1H3;1-3,8H;/q;+1;;. The van der Waals surface area contributed by atoms with Gasteiger partial charge >= 0.3 is 17.2 Å². The fourth-order valence-corrected chi connectivity index (χ4v) is 14.0. The van der Waals surface area contributed by atoms with Crippen molar-refractivity contribution >= 4 is 479 Å². The summed E-state index contributed by atoms with van der Waals surface area (Å²) in [4.78, 5) is 38.9. The number of aromatic amines is 1. The molecule has 0 aliphatic carbocycles. The van der Waals surface area contributed by atoms with Crippen molar-refractivity contribution in [2.75, 3.05) is 44.2 Å². The van der Waals surface area contributed by atoms with Crippen LogP contribution in [0.15, 0.2) is 61.4 Å². The molecule has 411 valence electrons. The minimum atomic E-state index is -1.51. The topological polar surface area (TPSA) is 185 Å². The second-order valence-electron chi connectivity index (χ2n) is 25.2. The van der Waals surface area contributed by atoms with Gasteiger partial charge in [0.25, 0.3) is 6.20 Å². The summed E-state index contributed by atoms with van der Waals surface area (Å²) in [5.74, 6) is 1.07. The Balaban J connectivity index is 0.000000669. The number of ether oxygens (including phenoxy) is 4. The van der Waals surface area contributed by atoms with Crippen molar-refractivity contribution in [2.24, 2.45) is 0 Å². The molecule has 0 unspecified atom stereocenters. The zero-order valence-corrected chi connectivity index (χ0v) is 59.7. The summed E-state index contributed by atoms with van der Waals surface area (Å²) >= 11 is 10.9. The molecule has 0 saturated carbocycles. The average Bonchev–Trinajstić information content (AvgIpc) is 0.749. The number of methoxy groups -OCH3 is 2. The average molecular weight is 1300 g/mol. The molecule has 4 aromatic rings. The maximum absolute atomic E-state index is 11.3. The number of carbonyl (C=O) groups excluding carboxylic acids is 2. The zero-order chi connectivity index (χ0) is 79.6. The van der Waals surface area contributed by atoms with E-state index in [1.54, 1.807) is 24.8 Å². The number of nitrogens with zero attached hydrogens (tertiary/aromatic N) is 5. The minimum Gasteiger partial charge on any atom is -0.506 e. The van der Waals surface area contributed by atoms with Gasteiger partial charge in [-0.1, -0.05) is 11.6 Å². The van der Waals surface area contributed by atoms with Crippen molar-refractivity contribution in [3.8, 4) is 17.2 Å². The van der Waals surface area contributed by atoms with Crippen LogP contribution in [-0.2, 0) is 20.8 Å². The number of imidazole rings is 1. The molecule has 15 nitrogen and oxygen atoms in total. The van der Waals surface area contributed by atoms with Crippen LogP contribution in [0.5, 0.6) is 17.2 Å². The lowest BCUT2D eigenvalue weighted by atomic mass is 8.22. The van der Waals surface area contributed by atoms with Gasteiger partial charge in [0.15, 0.2) is 18.1 Å². The van der Waals surface area contributed by atoms with E-state index in [-0.39, 0.29) is 17.5 Å². The van der Waals surface area contributed by atoms with Crippen LogP contribution in [-0.4, -0.2) is 508 Å². The fourth-order valence-electron chi connectivity index (χ4n) is 13.8. The SMILES string of the molecule is COC(=O)COc1ccc(Cl)[n+](O)c1.COC(=O)Nc1cc2c(cn1)OCCN2Cc1cnc[nH]1.Oc1ccc(Cl)nc1.[B][B]B(B([B])[B])B(B(B([B])[B])B([B])[B])B(B(B(B([B])[B])B([B])[B])B(B([B])[B])B([B])[B])B(B(B(B([B])[B])B([B])[B])B(B([B])[B])B([B])[B])B(B(B([B])[B])B([B])[B])B(B([B])[B])B([B])[B]. The van der Waals surface area contributed by atoms with Crippen molar-refractivity contribution in [2.45, 2.75) is 6.54 Å². The quantitative estimate of drug-likeness (QED) is 0.0113. The summed E-state index contributed by atoms with van der Waals surface area (Å²) in [5.41, 5.74) is 1.87. The molecule has 0 bridgehead atoms. The highest BCUT2D eigenvalue weighted by Crippen LogP contribution is 2.34. The third kappa shape index (κ3) is 30.1. The van der Waals surface area contributed by atoms with Gasteiger partial charge in [-0.2, -0.15) is 0 Å². The molecule has 0 saturated heterocycles. The number of hydrogen-bond donors (Lipinski definition) is 4. The Kier molecular flexibility index (Phi) is 46.4. The van der Waals surface area contributed by atoms with Crippen LogP contribution in [0.3, 0.4) is 0 Å². The number of H-pyrrole nitrogens is 1. The number of hydrogen-bond acceptors (Lipinski definition) is 12. The Morgan fingerprint density at radius 3 is 1.29 bits per heavy atom. The Bertz CT molecular complexity index is 2900. The van der Waals surface area contributed by atoms with Crippen LogP contribution < -0.4 is 24.4 Å². The zero-order valence-electron chi connectivity index (χ0n) is 58.2. The van der Waals surface area contributed by atoms with Crippen LogP contribution in [0.25, 0.3) is 0 Å². The van der Waals surface area contributed by atoms with Gasteiger partial charge in [-0.15, -0.1) is 0 Å². The number of carbonyl (C=O) groups is 2. The molecule has 0 spiro atoms. The molecule has 1 aliphatic rings. The van der Waals surface area contributed by atoms with E-state index in [0.717, 1.165) is 25.0 Å². The second-order valence-corrected chi connectivity index (χ2v) is 25.9. The number of halogens is 2. The molecule has 0 aromatic carbocycles. The van der Waals surface area contributed by atoms with Crippen LogP contribution in [0.2, 0.25) is 10.3 Å². The molecule has 0 atom stereocenters. The van der Waals surface area contributed by atoms with E-state index in [9.17, 15) is 9.59 Å². The van der Waals surface area contributed by atoms with Gasteiger partial charge < -0.3 is 33.9 Å². The van der Waals surface area contributed by atoms with Crippen LogP contribution in [0.4, 0.5) is 16.3 Å². The predicted octanol–water partition coefficient (Wildman–Crippen LogP) is -20.0. The van der Waals surface area contributed by atoms with Crippen molar-refractivity contribution in [1.29, 1.82) is 0 Å². The van der Waals surface area contributed by atoms with Gasteiger partial charge in [-0.05, 0) is 29.8 Å².